The van der Waals surface area contributed by atoms with Crippen molar-refractivity contribution in [3.05, 3.63) is 33.4 Å². The number of carbonyl (C=O) groups is 5. The minimum atomic E-state index is -0.745. The maximum atomic E-state index is 13.6. The van der Waals surface area contributed by atoms with Gasteiger partial charge < -0.3 is 14.7 Å². The van der Waals surface area contributed by atoms with E-state index >= 15 is 0 Å². The fraction of sp³-hybridized carbons (Fsp3) is 0.600. The molecule has 2 aliphatic carbocycles. The smallest absolute Gasteiger partial charge is 0.311 e. The summed E-state index contributed by atoms with van der Waals surface area (Å²) in [5.74, 6) is -1.26. The molecule has 0 atom stereocenters. The lowest BCUT2D eigenvalue weighted by Crippen LogP contribution is -2.33. The van der Waals surface area contributed by atoms with Crippen LogP contribution in [0, 0.1) is 0 Å². The van der Waals surface area contributed by atoms with Crippen molar-refractivity contribution in [1.29, 1.82) is 0 Å². The Balaban J connectivity index is 1.58. The second-order valence-corrected chi connectivity index (χ2v) is 12.6. The average Bonchev–Trinajstić information content (AvgIpc) is 3.39. The van der Waals surface area contributed by atoms with E-state index < -0.39 is 11.9 Å². The quantitative estimate of drug-likeness (QED) is 0.0998. The number of Topliss-reactive ketones (excluding diaryl/α,β-unsaturated/α-hetero) is 2. The predicted octanol–water partition coefficient (Wildman–Crippen LogP) is 6.31. The Bertz CT molecular complexity index is 1200. The summed E-state index contributed by atoms with van der Waals surface area (Å²) >= 11 is 2.21. The number of aliphatic carboxylic acids is 1. The molecule has 0 radical (unpaired) electrons. The molecule has 0 spiro atoms. The zero-order valence-electron chi connectivity index (χ0n) is 24.0. The Morgan fingerprint density at radius 1 is 0.951 bits per heavy atom. The van der Waals surface area contributed by atoms with Crippen LogP contribution >= 0.6 is 23.1 Å². The Morgan fingerprint density at radius 2 is 1.54 bits per heavy atom. The average molecular weight is 605 g/mol. The molecule has 1 amide bonds. The second kappa shape index (κ2) is 16.6. The molecule has 0 saturated carbocycles. The van der Waals surface area contributed by atoms with Gasteiger partial charge in [-0.15, -0.1) is 11.3 Å². The van der Waals surface area contributed by atoms with Gasteiger partial charge >= 0.3 is 11.9 Å². The highest BCUT2D eigenvalue weighted by molar-refractivity contribution is 8.14. The number of ketones is 2. The highest BCUT2D eigenvalue weighted by Crippen LogP contribution is 2.37. The van der Waals surface area contributed by atoms with E-state index in [1.165, 1.54) is 23.3 Å². The molecule has 11 heteroatoms. The summed E-state index contributed by atoms with van der Waals surface area (Å²) in [4.78, 5) is 68.0. The molecule has 0 bridgehead atoms. The van der Waals surface area contributed by atoms with Crippen LogP contribution in [0.4, 0.5) is 4.79 Å². The van der Waals surface area contributed by atoms with Gasteiger partial charge in [0.05, 0.1) is 25.8 Å². The fourth-order valence-corrected chi connectivity index (χ4v) is 6.83. The number of nitrogens with zero attached hydrogens (tertiary/aromatic N) is 2. The van der Waals surface area contributed by atoms with Gasteiger partial charge in [-0.25, -0.2) is 4.98 Å². The van der Waals surface area contributed by atoms with E-state index in [-0.39, 0.29) is 36.2 Å². The summed E-state index contributed by atoms with van der Waals surface area (Å²) in [6.07, 6.45) is 11.4. The van der Waals surface area contributed by atoms with Crippen LogP contribution in [-0.2, 0) is 30.3 Å². The van der Waals surface area contributed by atoms with Crippen molar-refractivity contribution in [2.24, 2.45) is 0 Å². The number of carboxylic acid groups (broad SMARTS) is 1. The molecule has 0 aromatic carbocycles. The van der Waals surface area contributed by atoms with E-state index in [1.54, 1.807) is 12.4 Å². The van der Waals surface area contributed by atoms with Crippen LogP contribution in [0.5, 0.6) is 0 Å². The molecule has 1 N–H and O–H groups in total. The summed E-state index contributed by atoms with van der Waals surface area (Å²) in [5.41, 5.74) is 2.84. The number of amides is 1. The largest absolute Gasteiger partial charge is 0.481 e. The van der Waals surface area contributed by atoms with Crippen molar-refractivity contribution in [3.8, 4) is 0 Å². The Hall–Kier alpha value is -2.79. The van der Waals surface area contributed by atoms with Crippen LogP contribution in [-0.4, -0.2) is 64.4 Å². The Labute approximate surface area is 249 Å². The molecular weight excluding hydrogens is 564 g/mol. The maximum Gasteiger partial charge on any atom is 0.311 e. The number of methoxy groups -OCH3 is 1. The van der Waals surface area contributed by atoms with E-state index in [1.807, 2.05) is 0 Å². The molecule has 224 valence electrons. The van der Waals surface area contributed by atoms with Crippen molar-refractivity contribution < 1.29 is 33.8 Å². The highest BCUT2D eigenvalue weighted by atomic mass is 32.2. The van der Waals surface area contributed by atoms with Crippen LogP contribution in [0.15, 0.2) is 32.0 Å². The number of hydrogen-bond acceptors (Lipinski definition) is 9. The van der Waals surface area contributed by atoms with Crippen LogP contribution in [0.3, 0.4) is 0 Å². The molecule has 0 fully saturated rings. The van der Waals surface area contributed by atoms with Gasteiger partial charge in [-0.2, -0.15) is 0 Å². The van der Waals surface area contributed by atoms with E-state index in [0.717, 1.165) is 76.0 Å². The summed E-state index contributed by atoms with van der Waals surface area (Å²) in [6, 6.07) is 0. The number of unbranched alkanes of at least 4 members (excludes halogenated alkanes) is 7. The normalized spacial score (nSPS) is 15.3. The zero-order chi connectivity index (χ0) is 29.8. The number of thioether (sulfide) groups is 1. The van der Waals surface area contributed by atoms with Crippen molar-refractivity contribution in [3.63, 3.8) is 0 Å². The molecule has 0 aliphatic heterocycles. The number of carbonyl (C=O) groups excluding carboxylic acids is 4. The molecule has 9 nitrogen and oxygen atoms in total. The predicted molar refractivity (Wildman–Crippen MR) is 158 cm³/mol. The summed E-state index contributed by atoms with van der Waals surface area (Å²) in [7, 11) is 2.94. The van der Waals surface area contributed by atoms with Crippen LogP contribution in [0.2, 0.25) is 0 Å². The fourth-order valence-electron chi connectivity index (χ4n) is 5.21. The minimum Gasteiger partial charge on any atom is -0.481 e. The molecular formula is C30H40N2O7S2. The number of likely N-dealkylation sites (N-methyl/N-ethyl adjacent to an activating group) is 1. The number of ether oxygens (including phenoxy) is 1. The van der Waals surface area contributed by atoms with E-state index in [0.29, 0.717) is 51.6 Å². The summed E-state index contributed by atoms with van der Waals surface area (Å²) < 4.78 is 5.16. The number of rotatable bonds is 16. The van der Waals surface area contributed by atoms with Gasteiger partial charge in [-0.05, 0) is 44.9 Å². The third-order valence-electron chi connectivity index (χ3n) is 7.46. The molecule has 41 heavy (non-hydrogen) atoms. The molecule has 1 aromatic rings. The first-order chi connectivity index (χ1) is 19.7. The first kappa shape index (κ1) is 32.7. The number of thiazole rings is 1. The molecule has 1 heterocycles. The minimum absolute atomic E-state index is 0.0198. The van der Waals surface area contributed by atoms with Crippen LogP contribution < -0.4 is 0 Å². The SMILES string of the molecule is COC(=O)Cc1csc(SC(=O)N(C)CC2=C(CCCCCCCCCCC(=O)O)C(=O)C3=C(CCCC3)C2=O)n1. The number of carboxylic acids is 1. The van der Waals surface area contributed by atoms with E-state index in [4.69, 9.17) is 5.11 Å². The van der Waals surface area contributed by atoms with E-state index in [9.17, 15) is 24.0 Å². The monoisotopic (exact) mass is 604 g/mol. The number of esters is 1. The first-order valence-corrected chi connectivity index (χ1v) is 16.1. The second-order valence-electron chi connectivity index (χ2n) is 10.6. The topological polar surface area (TPSA) is 131 Å². The van der Waals surface area contributed by atoms with Crippen LogP contribution in [0.25, 0.3) is 0 Å². The van der Waals surface area contributed by atoms with Crippen LogP contribution in [0.1, 0.15) is 95.6 Å². The number of aromatic nitrogens is 1. The maximum absolute atomic E-state index is 13.6. The lowest BCUT2D eigenvalue weighted by molar-refractivity contribution is -0.140. The standard InChI is InChI=1S/C30H40N2O7S2/c1-32(30(38)41-29-31-20(19-40-29)17-26(35)39-2)18-24-23(27(36)21-14-11-12-15-22(21)28(24)37)13-9-7-5-3-4-6-8-10-16-25(33)34/h19H,3-18H2,1-2H3,(H,33,34). The Kier molecular flexibility index (Phi) is 13.2. The van der Waals surface area contributed by atoms with Gasteiger partial charge in [-0.3, -0.25) is 24.0 Å². The van der Waals surface area contributed by atoms with Gasteiger partial charge in [0.25, 0.3) is 5.24 Å². The van der Waals surface area contributed by atoms with Gasteiger partial charge in [0.1, 0.15) is 0 Å². The van der Waals surface area contributed by atoms with Gasteiger partial charge in [-0.1, -0.05) is 38.5 Å². The third kappa shape index (κ3) is 9.92. The summed E-state index contributed by atoms with van der Waals surface area (Å²) in [5, 5.41) is 10.1. The van der Waals surface area contributed by atoms with E-state index in [2.05, 4.69) is 9.72 Å². The lowest BCUT2D eigenvalue weighted by atomic mass is 9.76. The molecule has 3 rings (SSSR count). The molecule has 2 aliphatic rings. The van der Waals surface area contributed by atoms with Gasteiger partial charge in [0.2, 0.25) is 0 Å². The third-order valence-corrected chi connectivity index (χ3v) is 9.43. The first-order valence-electron chi connectivity index (χ1n) is 14.4. The van der Waals surface area contributed by atoms with Gasteiger partial charge in [0.15, 0.2) is 15.9 Å². The Morgan fingerprint density at radius 3 is 2.15 bits per heavy atom. The number of hydrogen-bond donors (Lipinski definition) is 1. The molecule has 0 unspecified atom stereocenters. The molecule has 0 saturated heterocycles. The lowest BCUT2D eigenvalue weighted by Gasteiger charge is -2.29. The van der Waals surface area contributed by atoms with Crippen molar-refractivity contribution >= 4 is 51.8 Å². The molecule has 1 aromatic heterocycles. The van der Waals surface area contributed by atoms with Crippen molar-refractivity contribution in [2.45, 2.75) is 101 Å². The van der Waals surface area contributed by atoms with Crippen molar-refractivity contribution in [1.82, 2.24) is 9.88 Å². The number of allylic oxidation sites excluding steroid dienone is 3. The summed E-state index contributed by atoms with van der Waals surface area (Å²) in [6.45, 7) is 0.0687. The zero-order valence-corrected chi connectivity index (χ0v) is 25.6. The highest BCUT2D eigenvalue weighted by Gasteiger charge is 2.35. The van der Waals surface area contributed by atoms with Gasteiger partial charge in [0, 0.05) is 52.9 Å². The van der Waals surface area contributed by atoms with Crippen molar-refractivity contribution in [2.75, 3.05) is 20.7 Å².